The Morgan fingerprint density at radius 3 is 2.77 bits per heavy atom. The number of benzene rings is 1. The van der Waals surface area contributed by atoms with Crippen LogP contribution in [-0.4, -0.2) is 11.1 Å². The maximum absolute atomic E-state index is 11.1. The average Bonchev–Trinajstić information content (AvgIpc) is 2.11. The largest absolute Gasteiger partial charge is 0.298 e. The van der Waals surface area contributed by atoms with Crippen molar-refractivity contribution in [1.29, 1.82) is 0 Å². The summed E-state index contributed by atoms with van der Waals surface area (Å²) in [5.41, 5.74) is 2.04. The van der Waals surface area contributed by atoms with E-state index in [9.17, 15) is 4.79 Å². The molecule has 0 aliphatic rings. The minimum absolute atomic E-state index is 0.182. The topological polar surface area (TPSA) is 17.1 Å². The van der Waals surface area contributed by atoms with Crippen molar-refractivity contribution in [2.75, 3.05) is 5.33 Å². The molecule has 0 saturated heterocycles. The average molecular weight is 262 g/mol. The fourth-order valence-electron chi connectivity index (χ4n) is 1.09. The van der Waals surface area contributed by atoms with Gasteiger partial charge in [-0.1, -0.05) is 39.7 Å². The quantitative estimate of drug-likeness (QED) is 0.764. The van der Waals surface area contributed by atoms with Gasteiger partial charge in [-0.05, 0) is 24.1 Å². The van der Waals surface area contributed by atoms with Crippen molar-refractivity contribution in [3.8, 4) is 0 Å². The minimum atomic E-state index is 0.182. The van der Waals surface area contributed by atoms with Crippen LogP contribution in [0.5, 0.6) is 0 Å². The molecule has 0 aromatic heterocycles. The van der Waals surface area contributed by atoms with Crippen molar-refractivity contribution >= 4 is 33.3 Å². The molecule has 0 radical (unpaired) electrons. The summed E-state index contributed by atoms with van der Waals surface area (Å²) in [5, 5.41) is 1.16. The van der Waals surface area contributed by atoms with Crippen LogP contribution in [-0.2, 0) is 11.2 Å². The molecule has 0 saturated carbocycles. The van der Waals surface area contributed by atoms with Crippen LogP contribution in [0.15, 0.2) is 18.2 Å². The summed E-state index contributed by atoms with van der Waals surface area (Å²) in [5.74, 6) is 0.182. The van der Waals surface area contributed by atoms with Crippen LogP contribution in [0.3, 0.4) is 0 Å². The first kappa shape index (κ1) is 10.7. The van der Waals surface area contributed by atoms with E-state index in [1.165, 1.54) is 0 Å². The van der Waals surface area contributed by atoms with Crippen molar-refractivity contribution in [2.45, 2.75) is 13.3 Å². The molecule has 0 N–H and O–H groups in total. The number of carbonyl (C=O) groups is 1. The second-order valence-electron chi connectivity index (χ2n) is 2.93. The van der Waals surface area contributed by atoms with Crippen molar-refractivity contribution < 1.29 is 4.79 Å². The van der Waals surface area contributed by atoms with Crippen LogP contribution < -0.4 is 0 Å². The highest BCUT2D eigenvalue weighted by molar-refractivity contribution is 9.09. The lowest BCUT2D eigenvalue weighted by molar-refractivity contribution is -0.115. The van der Waals surface area contributed by atoms with Crippen molar-refractivity contribution in [3.05, 3.63) is 34.3 Å². The Balaban J connectivity index is 2.79. The van der Waals surface area contributed by atoms with Gasteiger partial charge < -0.3 is 0 Å². The van der Waals surface area contributed by atoms with Crippen molar-refractivity contribution in [2.24, 2.45) is 0 Å². The minimum Gasteiger partial charge on any atom is -0.298 e. The SMILES string of the molecule is Cc1cc(CC(=O)CBr)ccc1Cl. The Bertz CT molecular complexity index is 323. The number of aryl methyl sites for hydroxylation is 1. The number of Topliss-reactive ketones (excluding diaryl/α,β-unsaturated/α-hetero) is 1. The van der Waals surface area contributed by atoms with Gasteiger partial charge >= 0.3 is 0 Å². The van der Waals surface area contributed by atoms with E-state index in [2.05, 4.69) is 15.9 Å². The van der Waals surface area contributed by atoms with E-state index in [0.29, 0.717) is 11.8 Å². The van der Waals surface area contributed by atoms with Crippen LogP contribution in [0.1, 0.15) is 11.1 Å². The van der Waals surface area contributed by atoms with Crippen molar-refractivity contribution in [1.82, 2.24) is 0 Å². The molecule has 0 amide bonds. The van der Waals surface area contributed by atoms with Gasteiger partial charge in [-0.25, -0.2) is 0 Å². The molecule has 1 aromatic rings. The van der Waals surface area contributed by atoms with Gasteiger partial charge in [0.2, 0.25) is 0 Å². The van der Waals surface area contributed by atoms with Gasteiger partial charge in [-0.3, -0.25) is 4.79 Å². The summed E-state index contributed by atoms with van der Waals surface area (Å²) in [4.78, 5) is 11.1. The Kier molecular flexibility index (Phi) is 3.94. The molecule has 70 valence electrons. The highest BCUT2D eigenvalue weighted by Gasteiger charge is 2.02. The van der Waals surface area contributed by atoms with Gasteiger partial charge in [0.05, 0.1) is 5.33 Å². The van der Waals surface area contributed by atoms with E-state index >= 15 is 0 Å². The summed E-state index contributed by atoms with van der Waals surface area (Å²) in [7, 11) is 0. The summed E-state index contributed by atoms with van der Waals surface area (Å²) < 4.78 is 0. The van der Waals surface area contributed by atoms with Gasteiger partial charge in [0.1, 0.15) is 5.78 Å². The zero-order valence-corrected chi connectivity index (χ0v) is 9.65. The zero-order valence-electron chi connectivity index (χ0n) is 7.31. The molecule has 1 rings (SSSR count). The predicted molar refractivity (Wildman–Crippen MR) is 58.7 cm³/mol. The summed E-state index contributed by atoms with van der Waals surface area (Å²) in [6, 6.07) is 5.66. The van der Waals surface area contributed by atoms with Crippen LogP contribution in [0.4, 0.5) is 0 Å². The first-order chi connectivity index (χ1) is 6.13. The predicted octanol–water partition coefficient (Wildman–Crippen LogP) is 3.15. The molecule has 3 heteroatoms. The van der Waals surface area contributed by atoms with Crippen LogP contribution in [0, 0.1) is 6.92 Å². The van der Waals surface area contributed by atoms with Crippen molar-refractivity contribution in [3.63, 3.8) is 0 Å². The van der Waals surface area contributed by atoms with E-state index in [1.807, 2.05) is 25.1 Å². The van der Waals surface area contributed by atoms with Gasteiger partial charge in [0.25, 0.3) is 0 Å². The highest BCUT2D eigenvalue weighted by atomic mass is 79.9. The number of hydrogen-bond acceptors (Lipinski definition) is 1. The number of alkyl halides is 1. The smallest absolute Gasteiger partial charge is 0.147 e. The van der Waals surface area contributed by atoms with Gasteiger partial charge in [-0.2, -0.15) is 0 Å². The molecule has 0 spiro atoms. The normalized spacial score (nSPS) is 10.1. The number of carbonyl (C=O) groups excluding carboxylic acids is 1. The first-order valence-corrected chi connectivity index (χ1v) is 5.46. The molecule has 13 heavy (non-hydrogen) atoms. The molecule has 0 aliphatic carbocycles. The molecule has 1 aromatic carbocycles. The highest BCUT2D eigenvalue weighted by Crippen LogP contribution is 2.16. The summed E-state index contributed by atoms with van der Waals surface area (Å²) in [6.07, 6.45) is 0.475. The standard InChI is InChI=1S/C10H10BrClO/c1-7-4-8(2-3-10(7)12)5-9(13)6-11/h2-4H,5-6H2,1H3. The number of rotatable bonds is 3. The lowest BCUT2D eigenvalue weighted by Crippen LogP contribution is -2.03. The summed E-state index contributed by atoms with van der Waals surface area (Å²) >= 11 is 8.99. The first-order valence-electron chi connectivity index (χ1n) is 3.96. The van der Waals surface area contributed by atoms with E-state index in [1.54, 1.807) is 0 Å². The maximum Gasteiger partial charge on any atom is 0.147 e. The Labute approximate surface area is 91.2 Å². The third-order valence-corrected chi connectivity index (χ3v) is 2.82. The molecular formula is C10H10BrClO. The van der Waals surface area contributed by atoms with Crippen LogP contribution in [0.2, 0.25) is 5.02 Å². The molecule has 0 atom stereocenters. The third-order valence-electron chi connectivity index (χ3n) is 1.77. The molecule has 0 aliphatic heterocycles. The lowest BCUT2D eigenvalue weighted by Gasteiger charge is -2.01. The zero-order chi connectivity index (χ0) is 9.84. The van der Waals surface area contributed by atoms with Gasteiger partial charge in [0.15, 0.2) is 0 Å². The Morgan fingerprint density at radius 1 is 1.54 bits per heavy atom. The maximum atomic E-state index is 11.1. The van der Waals surface area contributed by atoms with Crippen LogP contribution >= 0.6 is 27.5 Å². The number of ketones is 1. The molecular weight excluding hydrogens is 251 g/mol. The van der Waals surface area contributed by atoms with Gasteiger partial charge in [0, 0.05) is 11.4 Å². The van der Waals surface area contributed by atoms with E-state index in [4.69, 9.17) is 11.6 Å². The fraction of sp³-hybridized carbons (Fsp3) is 0.300. The van der Waals surface area contributed by atoms with E-state index in [0.717, 1.165) is 16.1 Å². The number of hydrogen-bond donors (Lipinski definition) is 0. The summed E-state index contributed by atoms with van der Waals surface area (Å²) in [6.45, 7) is 1.93. The van der Waals surface area contributed by atoms with E-state index in [-0.39, 0.29) is 5.78 Å². The Hall–Kier alpha value is -0.340. The van der Waals surface area contributed by atoms with Gasteiger partial charge in [-0.15, -0.1) is 0 Å². The number of halogens is 2. The second kappa shape index (κ2) is 4.77. The van der Waals surface area contributed by atoms with Crippen LogP contribution in [0.25, 0.3) is 0 Å². The Morgan fingerprint density at radius 2 is 2.23 bits per heavy atom. The molecule has 0 fully saturated rings. The molecule has 0 heterocycles. The second-order valence-corrected chi connectivity index (χ2v) is 3.90. The molecule has 0 bridgehead atoms. The monoisotopic (exact) mass is 260 g/mol. The van der Waals surface area contributed by atoms with E-state index < -0.39 is 0 Å². The fourth-order valence-corrected chi connectivity index (χ4v) is 1.41. The molecule has 1 nitrogen and oxygen atoms in total. The molecule has 0 unspecified atom stereocenters. The lowest BCUT2D eigenvalue weighted by atomic mass is 10.1. The third kappa shape index (κ3) is 3.12.